The predicted octanol–water partition coefficient (Wildman–Crippen LogP) is 2.72. The first-order valence-corrected chi connectivity index (χ1v) is 4.34. The van der Waals surface area contributed by atoms with Gasteiger partial charge in [-0.1, -0.05) is 30.3 Å². The minimum Gasteiger partial charge on any atom is -0.229 e. The molecule has 0 saturated heterocycles. The fraction of sp³-hybridized carbons (Fsp3) is 0.300. The van der Waals surface area contributed by atoms with Gasteiger partial charge in [-0.15, -0.1) is 0 Å². The molecule has 0 amide bonds. The molecule has 0 N–H and O–H groups in total. The van der Waals surface area contributed by atoms with Gasteiger partial charge in [-0.25, -0.2) is 4.99 Å². The number of hydrogen-bond acceptors (Lipinski definition) is 2. The van der Waals surface area contributed by atoms with Gasteiger partial charge in [0.2, 0.25) is 0 Å². The third-order valence-electron chi connectivity index (χ3n) is 1.65. The Morgan fingerprint density at radius 2 is 2.08 bits per heavy atom. The molecular formula is C10H11NS. The minimum absolute atomic E-state index is 0.241. The number of rotatable bonds is 3. The van der Waals surface area contributed by atoms with Gasteiger partial charge in [-0.05, 0) is 31.1 Å². The van der Waals surface area contributed by atoms with E-state index in [2.05, 4.69) is 34.5 Å². The zero-order valence-corrected chi connectivity index (χ0v) is 7.84. The Labute approximate surface area is 78.1 Å². The molecule has 1 unspecified atom stereocenters. The van der Waals surface area contributed by atoms with Crippen LogP contribution >= 0.6 is 12.2 Å². The highest BCUT2D eigenvalue weighted by atomic mass is 32.1. The average molecular weight is 177 g/mol. The van der Waals surface area contributed by atoms with E-state index in [1.54, 1.807) is 0 Å². The summed E-state index contributed by atoms with van der Waals surface area (Å²) < 4.78 is 0. The zero-order chi connectivity index (χ0) is 8.81. The van der Waals surface area contributed by atoms with Crippen molar-refractivity contribution in [3.8, 4) is 0 Å². The molecule has 0 heterocycles. The van der Waals surface area contributed by atoms with Crippen LogP contribution in [0.25, 0.3) is 0 Å². The number of aliphatic imine (C=N–C) groups is 1. The first kappa shape index (κ1) is 9.11. The molecule has 0 saturated carbocycles. The van der Waals surface area contributed by atoms with Gasteiger partial charge < -0.3 is 0 Å². The topological polar surface area (TPSA) is 12.4 Å². The quantitative estimate of drug-likeness (QED) is 0.511. The summed E-state index contributed by atoms with van der Waals surface area (Å²) in [5, 5.41) is 2.40. The van der Waals surface area contributed by atoms with Crippen LogP contribution in [0, 0.1) is 0 Å². The molecule has 0 spiro atoms. The van der Waals surface area contributed by atoms with Gasteiger partial charge >= 0.3 is 0 Å². The number of thiocarbonyl (C=S) groups is 1. The van der Waals surface area contributed by atoms with Crippen LogP contribution in [0.2, 0.25) is 0 Å². The maximum absolute atomic E-state index is 4.53. The molecule has 1 nitrogen and oxygen atoms in total. The fourth-order valence-corrected chi connectivity index (χ4v) is 1.27. The predicted molar refractivity (Wildman–Crippen MR) is 54.6 cm³/mol. The molecule has 62 valence electrons. The van der Waals surface area contributed by atoms with Gasteiger partial charge in [0, 0.05) is 0 Å². The first-order valence-electron chi connectivity index (χ1n) is 3.94. The van der Waals surface area contributed by atoms with E-state index in [-0.39, 0.29) is 6.04 Å². The number of hydrogen-bond donors (Lipinski definition) is 0. The largest absolute Gasteiger partial charge is 0.229 e. The summed E-state index contributed by atoms with van der Waals surface area (Å²) in [6.45, 7) is 2.03. The standard InChI is InChI=1S/C10H11NS/c1-9(11-8-12)7-10-5-3-2-4-6-10/h2-6,9H,7H2,1H3. The van der Waals surface area contributed by atoms with Crippen LogP contribution in [-0.2, 0) is 6.42 Å². The summed E-state index contributed by atoms with van der Waals surface area (Å²) in [5.74, 6) is 0. The highest BCUT2D eigenvalue weighted by Gasteiger charge is 1.98. The van der Waals surface area contributed by atoms with Crippen LogP contribution in [-0.4, -0.2) is 11.2 Å². The molecule has 0 radical (unpaired) electrons. The Bertz CT molecular complexity index is 275. The summed E-state index contributed by atoms with van der Waals surface area (Å²) in [5.41, 5.74) is 1.29. The molecule has 0 fully saturated rings. The molecule has 1 aromatic carbocycles. The van der Waals surface area contributed by atoms with E-state index in [1.165, 1.54) is 5.56 Å². The molecule has 1 aromatic rings. The molecule has 1 atom stereocenters. The van der Waals surface area contributed by atoms with Crippen LogP contribution in [0.4, 0.5) is 0 Å². The van der Waals surface area contributed by atoms with Crippen LogP contribution in [0.15, 0.2) is 35.3 Å². The number of benzene rings is 1. The molecule has 0 bridgehead atoms. The molecule has 12 heavy (non-hydrogen) atoms. The average Bonchev–Trinajstić information content (AvgIpc) is 2.06. The molecule has 0 aliphatic heterocycles. The molecule has 0 aliphatic carbocycles. The van der Waals surface area contributed by atoms with Gasteiger partial charge in [-0.3, -0.25) is 0 Å². The van der Waals surface area contributed by atoms with Crippen LogP contribution < -0.4 is 0 Å². The third-order valence-corrected chi connectivity index (χ3v) is 1.75. The molecule has 0 aromatic heterocycles. The fourth-order valence-electron chi connectivity index (χ4n) is 1.09. The Morgan fingerprint density at radius 3 is 2.67 bits per heavy atom. The van der Waals surface area contributed by atoms with Gasteiger partial charge in [0.1, 0.15) is 0 Å². The maximum atomic E-state index is 4.53. The van der Waals surface area contributed by atoms with Crippen molar-refractivity contribution in [1.29, 1.82) is 0 Å². The van der Waals surface area contributed by atoms with E-state index in [0.29, 0.717) is 0 Å². The zero-order valence-electron chi connectivity index (χ0n) is 7.03. The lowest BCUT2D eigenvalue weighted by Crippen LogP contribution is -2.01. The van der Waals surface area contributed by atoms with Gasteiger partial charge in [0.05, 0.1) is 11.2 Å². The SMILES string of the molecule is CC(Cc1ccccc1)N=C=S. The van der Waals surface area contributed by atoms with Gasteiger partial charge in [0.25, 0.3) is 0 Å². The second-order valence-electron chi connectivity index (χ2n) is 2.76. The van der Waals surface area contributed by atoms with Gasteiger partial charge in [-0.2, -0.15) is 0 Å². The molecule has 0 aliphatic rings. The summed E-state index contributed by atoms with van der Waals surface area (Å²) in [4.78, 5) is 3.98. The van der Waals surface area contributed by atoms with Crippen LogP contribution in [0.3, 0.4) is 0 Å². The van der Waals surface area contributed by atoms with E-state index in [9.17, 15) is 0 Å². The van der Waals surface area contributed by atoms with Crippen molar-refractivity contribution in [3.63, 3.8) is 0 Å². The highest BCUT2D eigenvalue weighted by molar-refractivity contribution is 7.78. The smallest absolute Gasteiger partial charge is 0.0614 e. The van der Waals surface area contributed by atoms with Crippen molar-refractivity contribution in [2.75, 3.05) is 0 Å². The lowest BCUT2D eigenvalue weighted by Gasteiger charge is -2.02. The third kappa shape index (κ3) is 2.95. The summed E-state index contributed by atoms with van der Waals surface area (Å²) >= 11 is 4.53. The summed E-state index contributed by atoms with van der Waals surface area (Å²) in [6.07, 6.45) is 0.935. The van der Waals surface area contributed by atoms with E-state index in [0.717, 1.165) is 6.42 Å². The Hall–Kier alpha value is -0.980. The van der Waals surface area contributed by atoms with E-state index in [4.69, 9.17) is 0 Å². The highest BCUT2D eigenvalue weighted by Crippen LogP contribution is 2.04. The Kier molecular flexibility index (Phi) is 3.65. The summed E-state index contributed by atoms with van der Waals surface area (Å²) in [7, 11) is 0. The second-order valence-corrected chi connectivity index (χ2v) is 2.94. The van der Waals surface area contributed by atoms with Crippen molar-refractivity contribution < 1.29 is 0 Å². The number of isothiocyanates is 1. The monoisotopic (exact) mass is 177 g/mol. The van der Waals surface area contributed by atoms with Crippen LogP contribution in [0.5, 0.6) is 0 Å². The van der Waals surface area contributed by atoms with Crippen LogP contribution in [0.1, 0.15) is 12.5 Å². The number of nitrogens with zero attached hydrogens (tertiary/aromatic N) is 1. The van der Waals surface area contributed by atoms with E-state index < -0.39 is 0 Å². The van der Waals surface area contributed by atoms with E-state index >= 15 is 0 Å². The lowest BCUT2D eigenvalue weighted by atomic mass is 10.1. The second kappa shape index (κ2) is 4.81. The molecular weight excluding hydrogens is 166 g/mol. The van der Waals surface area contributed by atoms with Crippen molar-refractivity contribution >= 4 is 17.4 Å². The Balaban J connectivity index is 2.58. The molecule has 2 heteroatoms. The summed E-state index contributed by atoms with van der Waals surface area (Å²) in [6, 6.07) is 10.5. The van der Waals surface area contributed by atoms with Gasteiger partial charge in [0.15, 0.2) is 0 Å². The van der Waals surface area contributed by atoms with Crippen molar-refractivity contribution in [3.05, 3.63) is 35.9 Å². The first-order chi connectivity index (χ1) is 5.83. The van der Waals surface area contributed by atoms with Crippen molar-refractivity contribution in [2.24, 2.45) is 4.99 Å². The van der Waals surface area contributed by atoms with Crippen molar-refractivity contribution in [2.45, 2.75) is 19.4 Å². The lowest BCUT2D eigenvalue weighted by molar-refractivity contribution is 0.746. The Morgan fingerprint density at radius 1 is 1.42 bits per heavy atom. The molecule has 1 rings (SSSR count). The normalized spacial score (nSPS) is 11.8. The van der Waals surface area contributed by atoms with E-state index in [1.807, 2.05) is 25.1 Å². The maximum Gasteiger partial charge on any atom is 0.0614 e. The minimum atomic E-state index is 0.241. The van der Waals surface area contributed by atoms with Crippen molar-refractivity contribution in [1.82, 2.24) is 0 Å².